The van der Waals surface area contributed by atoms with Gasteiger partial charge in [0.05, 0.1) is 22.7 Å². The minimum absolute atomic E-state index is 0.0356. The van der Waals surface area contributed by atoms with Crippen molar-refractivity contribution in [1.82, 2.24) is 0 Å². The minimum atomic E-state index is -1.04. The van der Waals surface area contributed by atoms with Crippen LogP contribution >= 0.6 is 0 Å². The highest BCUT2D eigenvalue weighted by molar-refractivity contribution is 6.24. The van der Waals surface area contributed by atoms with Crippen LogP contribution in [0.1, 0.15) is 25.0 Å². The van der Waals surface area contributed by atoms with Crippen LogP contribution < -0.4 is 0 Å². The van der Waals surface area contributed by atoms with E-state index in [4.69, 9.17) is 4.74 Å². The monoisotopic (exact) mass is 356 g/mol. The van der Waals surface area contributed by atoms with Crippen molar-refractivity contribution in [2.75, 3.05) is 0 Å². The van der Waals surface area contributed by atoms with Crippen LogP contribution in [0.3, 0.4) is 0 Å². The van der Waals surface area contributed by atoms with E-state index in [-0.39, 0.29) is 5.78 Å². The number of benzene rings is 3. The van der Waals surface area contributed by atoms with Crippen LogP contribution in [0.2, 0.25) is 0 Å². The first-order valence-electron chi connectivity index (χ1n) is 9.16. The summed E-state index contributed by atoms with van der Waals surface area (Å²) in [5, 5.41) is 4.09. The average Bonchev–Trinajstić information content (AvgIpc) is 3.15. The Morgan fingerprint density at radius 2 is 1.04 bits per heavy atom. The van der Waals surface area contributed by atoms with Crippen molar-refractivity contribution in [2.24, 2.45) is 11.8 Å². The number of esters is 2. The normalized spacial score (nSPS) is 33.6. The van der Waals surface area contributed by atoms with Crippen LogP contribution in [0.4, 0.5) is 0 Å². The third kappa shape index (κ3) is 1.34. The quantitative estimate of drug-likeness (QED) is 0.352. The summed E-state index contributed by atoms with van der Waals surface area (Å²) in [5.41, 5.74) is -0.280. The first-order chi connectivity index (χ1) is 12.9. The summed E-state index contributed by atoms with van der Waals surface area (Å²) in [7, 11) is 0. The van der Waals surface area contributed by atoms with E-state index < -0.39 is 34.6 Å². The molecule has 3 aromatic rings. The number of carbonyl (C=O) groups is 3. The van der Waals surface area contributed by atoms with Gasteiger partial charge in [0.25, 0.3) is 0 Å². The molecule has 0 N–H and O–H groups in total. The van der Waals surface area contributed by atoms with Crippen LogP contribution in [0.5, 0.6) is 0 Å². The standard InChI is InChI=1S/C23H16O4/c1-22-15-13-9-5-3-7-11(13)12-8-4-6-10-14(12)16(15)23(2,21(22)26)18-17(22)19(24)27-20(18)25/h3-10,17-18H,1-2H3. The second kappa shape index (κ2) is 4.28. The van der Waals surface area contributed by atoms with E-state index in [0.717, 1.165) is 32.7 Å². The molecule has 1 saturated heterocycles. The lowest BCUT2D eigenvalue weighted by Crippen LogP contribution is -2.39. The topological polar surface area (TPSA) is 60.4 Å². The van der Waals surface area contributed by atoms with Gasteiger partial charge >= 0.3 is 11.9 Å². The molecule has 3 aromatic carbocycles. The predicted octanol–water partition coefficient (Wildman–Crippen LogP) is 3.42. The highest BCUT2D eigenvalue weighted by Crippen LogP contribution is 2.68. The fourth-order valence-corrected chi connectivity index (χ4v) is 6.22. The number of carbonyl (C=O) groups excluding carboxylic acids is 3. The minimum Gasteiger partial charge on any atom is -0.393 e. The summed E-state index contributed by atoms with van der Waals surface area (Å²) in [6.07, 6.45) is 0. The first kappa shape index (κ1) is 15.1. The van der Waals surface area contributed by atoms with Gasteiger partial charge in [0.1, 0.15) is 0 Å². The van der Waals surface area contributed by atoms with E-state index in [2.05, 4.69) is 12.1 Å². The van der Waals surface area contributed by atoms with Gasteiger partial charge in [-0.3, -0.25) is 14.4 Å². The molecule has 2 bridgehead atoms. The van der Waals surface area contributed by atoms with Crippen LogP contribution in [-0.4, -0.2) is 17.7 Å². The molecule has 0 spiro atoms. The fraction of sp³-hybridized carbons (Fsp3) is 0.261. The Bertz CT molecular complexity index is 1160. The van der Waals surface area contributed by atoms with Crippen molar-refractivity contribution in [1.29, 1.82) is 0 Å². The molecule has 4 unspecified atom stereocenters. The number of ketones is 1. The molecule has 3 aliphatic rings. The summed E-state index contributed by atoms with van der Waals surface area (Å²) in [6.45, 7) is 3.65. The molecule has 2 aliphatic carbocycles. The van der Waals surface area contributed by atoms with Crippen molar-refractivity contribution in [3.63, 3.8) is 0 Å². The van der Waals surface area contributed by atoms with Crippen molar-refractivity contribution in [3.05, 3.63) is 59.7 Å². The largest absolute Gasteiger partial charge is 0.393 e. The van der Waals surface area contributed by atoms with E-state index >= 15 is 0 Å². The first-order valence-corrected chi connectivity index (χ1v) is 9.16. The molecular formula is C23H16O4. The molecule has 0 aromatic heterocycles. The highest BCUT2D eigenvalue weighted by atomic mass is 16.6. The van der Waals surface area contributed by atoms with Crippen LogP contribution in [0.25, 0.3) is 21.5 Å². The summed E-state index contributed by atoms with van der Waals surface area (Å²) < 4.78 is 5.01. The second-order valence-electron chi connectivity index (χ2n) is 8.27. The molecule has 4 atom stereocenters. The molecule has 2 fully saturated rings. The number of hydrogen-bond donors (Lipinski definition) is 0. The van der Waals surface area contributed by atoms with E-state index in [0.29, 0.717) is 0 Å². The van der Waals surface area contributed by atoms with Gasteiger partial charge in [-0.1, -0.05) is 48.5 Å². The van der Waals surface area contributed by atoms with Crippen LogP contribution in [0.15, 0.2) is 48.5 Å². The fourth-order valence-electron chi connectivity index (χ4n) is 6.22. The number of Topliss-reactive ketones (excluding diaryl/α,β-unsaturated/α-hetero) is 1. The highest BCUT2D eigenvalue weighted by Gasteiger charge is 2.78. The van der Waals surface area contributed by atoms with Crippen LogP contribution in [0, 0.1) is 11.8 Å². The Hall–Kier alpha value is -3.01. The summed E-state index contributed by atoms with van der Waals surface area (Å²) >= 11 is 0. The molecule has 6 rings (SSSR count). The zero-order valence-corrected chi connectivity index (χ0v) is 14.9. The summed E-state index contributed by atoms with van der Waals surface area (Å²) in [4.78, 5) is 38.8. The third-order valence-electron chi connectivity index (χ3n) is 7.20. The van der Waals surface area contributed by atoms with Crippen LogP contribution in [-0.2, 0) is 30.0 Å². The number of ether oxygens (including phenoxy) is 1. The van der Waals surface area contributed by atoms with Gasteiger partial charge in [-0.05, 0) is 46.5 Å². The number of hydrogen-bond acceptors (Lipinski definition) is 4. The molecule has 1 saturated carbocycles. The lowest BCUT2D eigenvalue weighted by molar-refractivity contribution is -0.156. The maximum atomic E-state index is 13.7. The number of fused-ring (bicyclic) bond motifs is 13. The van der Waals surface area contributed by atoms with Gasteiger partial charge in [-0.15, -0.1) is 0 Å². The van der Waals surface area contributed by atoms with Crippen molar-refractivity contribution >= 4 is 39.3 Å². The lowest BCUT2D eigenvalue weighted by atomic mass is 9.63. The summed E-state index contributed by atoms with van der Waals surface area (Å²) in [5.74, 6) is -2.63. The van der Waals surface area contributed by atoms with Crippen molar-refractivity contribution in [2.45, 2.75) is 24.7 Å². The van der Waals surface area contributed by atoms with Gasteiger partial charge in [-0.2, -0.15) is 0 Å². The molecule has 4 nitrogen and oxygen atoms in total. The maximum absolute atomic E-state index is 13.7. The van der Waals surface area contributed by atoms with Crippen molar-refractivity contribution < 1.29 is 19.1 Å². The van der Waals surface area contributed by atoms with E-state index in [1.54, 1.807) is 0 Å². The van der Waals surface area contributed by atoms with E-state index in [1.165, 1.54) is 0 Å². The van der Waals surface area contributed by atoms with Gasteiger partial charge in [-0.25, -0.2) is 0 Å². The molecule has 132 valence electrons. The maximum Gasteiger partial charge on any atom is 0.318 e. The van der Waals surface area contributed by atoms with E-state index in [9.17, 15) is 14.4 Å². The molecule has 1 heterocycles. The predicted molar refractivity (Wildman–Crippen MR) is 99.2 cm³/mol. The molecule has 0 radical (unpaired) electrons. The SMILES string of the molecule is CC12C(=O)C(C)(c3c1c1ccccc1c1ccccc31)C1C(=O)OC(=O)C12. The van der Waals surface area contributed by atoms with Gasteiger partial charge in [0.2, 0.25) is 0 Å². The average molecular weight is 356 g/mol. The second-order valence-corrected chi connectivity index (χ2v) is 8.27. The third-order valence-corrected chi connectivity index (χ3v) is 7.20. The van der Waals surface area contributed by atoms with Gasteiger partial charge in [0.15, 0.2) is 5.78 Å². The molecule has 0 amide bonds. The Balaban J connectivity index is 1.90. The van der Waals surface area contributed by atoms with Gasteiger partial charge in [0, 0.05) is 0 Å². The smallest absolute Gasteiger partial charge is 0.318 e. The molecule has 4 heteroatoms. The lowest BCUT2D eigenvalue weighted by Gasteiger charge is -2.34. The number of cyclic esters (lactones) is 2. The number of rotatable bonds is 0. The zero-order chi connectivity index (χ0) is 18.7. The Morgan fingerprint density at radius 1 is 0.667 bits per heavy atom. The Morgan fingerprint density at radius 3 is 1.44 bits per heavy atom. The Kier molecular flexibility index (Phi) is 2.39. The zero-order valence-electron chi connectivity index (χ0n) is 14.9. The Labute approximate surface area is 155 Å². The molecular weight excluding hydrogens is 340 g/mol. The van der Waals surface area contributed by atoms with E-state index in [1.807, 2.05) is 50.2 Å². The molecule has 27 heavy (non-hydrogen) atoms. The van der Waals surface area contributed by atoms with Gasteiger partial charge < -0.3 is 4.74 Å². The molecule has 1 aliphatic heterocycles. The summed E-state index contributed by atoms with van der Waals surface area (Å²) in [6, 6.07) is 16.0. The van der Waals surface area contributed by atoms with Crippen molar-refractivity contribution in [3.8, 4) is 0 Å².